The largest absolute Gasteiger partial charge is 0.453 e. The lowest BCUT2D eigenvalue weighted by molar-refractivity contribution is -0.384. The molecule has 0 spiro atoms. The summed E-state index contributed by atoms with van der Waals surface area (Å²) in [5, 5.41) is 20.0. The Balaban J connectivity index is 2.46. The van der Waals surface area contributed by atoms with Crippen molar-refractivity contribution in [2.24, 2.45) is 0 Å². The van der Waals surface area contributed by atoms with Crippen molar-refractivity contribution in [3.63, 3.8) is 0 Å². The Morgan fingerprint density at radius 2 is 1.76 bits per heavy atom. The molecule has 2 aromatic carbocycles. The highest BCUT2D eigenvalue weighted by Gasteiger charge is 2.17. The van der Waals surface area contributed by atoms with Gasteiger partial charge in [0.05, 0.1) is 20.5 Å². The Morgan fingerprint density at radius 3 is 2.29 bits per heavy atom. The zero-order chi connectivity index (χ0) is 15.6. The minimum absolute atomic E-state index is 0.0303. The van der Waals surface area contributed by atoms with Gasteiger partial charge in [0.15, 0.2) is 5.75 Å². The van der Waals surface area contributed by atoms with E-state index in [0.717, 1.165) is 12.1 Å². The summed E-state index contributed by atoms with van der Waals surface area (Å²) in [4.78, 5) is 10.1. The van der Waals surface area contributed by atoms with Crippen molar-refractivity contribution < 1.29 is 9.66 Å². The van der Waals surface area contributed by atoms with E-state index in [2.05, 4.69) is 0 Å². The second kappa shape index (κ2) is 6.19. The van der Waals surface area contributed by atoms with Crippen LogP contribution in [0.25, 0.3) is 0 Å². The van der Waals surface area contributed by atoms with Crippen LogP contribution in [0.4, 0.5) is 5.69 Å². The van der Waals surface area contributed by atoms with Gasteiger partial charge < -0.3 is 4.74 Å². The van der Waals surface area contributed by atoms with Gasteiger partial charge in [0.2, 0.25) is 0 Å². The van der Waals surface area contributed by atoms with Crippen LogP contribution in [0, 0.1) is 21.4 Å². The molecule has 106 valence electrons. The molecule has 21 heavy (non-hydrogen) atoms. The standard InChI is InChI=1S/C13H5Cl3N2O3/c14-8-1-2-12(7(3-8)6-17)21-13-10(15)4-9(18(19)20)5-11(13)16/h1-5H. The number of hydrogen-bond acceptors (Lipinski definition) is 4. The highest BCUT2D eigenvalue weighted by atomic mass is 35.5. The maximum absolute atomic E-state index is 10.7. The van der Waals surface area contributed by atoms with Crippen molar-refractivity contribution in [2.75, 3.05) is 0 Å². The second-order valence-electron chi connectivity index (χ2n) is 3.85. The Morgan fingerprint density at radius 1 is 1.14 bits per heavy atom. The van der Waals surface area contributed by atoms with Gasteiger partial charge in [-0.25, -0.2) is 0 Å². The summed E-state index contributed by atoms with van der Waals surface area (Å²) >= 11 is 17.6. The molecule has 8 heteroatoms. The number of nitrogens with zero attached hydrogens (tertiary/aromatic N) is 2. The number of benzene rings is 2. The molecule has 0 aromatic heterocycles. The Bertz CT molecular complexity index is 749. The van der Waals surface area contributed by atoms with Crippen LogP contribution in [0.5, 0.6) is 11.5 Å². The molecule has 0 heterocycles. The minimum atomic E-state index is -0.620. The van der Waals surface area contributed by atoms with Gasteiger partial charge >= 0.3 is 0 Å². The predicted octanol–water partition coefficient (Wildman–Crippen LogP) is 5.22. The fraction of sp³-hybridized carbons (Fsp3) is 0. The van der Waals surface area contributed by atoms with Crippen molar-refractivity contribution in [3.8, 4) is 17.6 Å². The quantitative estimate of drug-likeness (QED) is 0.565. The van der Waals surface area contributed by atoms with Crippen LogP contribution in [0.3, 0.4) is 0 Å². The number of hydrogen-bond donors (Lipinski definition) is 0. The van der Waals surface area contributed by atoms with Crippen LogP contribution < -0.4 is 4.74 Å². The van der Waals surface area contributed by atoms with Crippen molar-refractivity contribution in [3.05, 3.63) is 61.1 Å². The molecule has 5 nitrogen and oxygen atoms in total. The van der Waals surface area contributed by atoms with Gasteiger partial charge in [-0.2, -0.15) is 5.26 Å². The van der Waals surface area contributed by atoms with Crippen LogP contribution in [-0.4, -0.2) is 4.92 Å². The van der Waals surface area contributed by atoms with Gasteiger partial charge in [0.1, 0.15) is 11.8 Å². The van der Waals surface area contributed by atoms with Gasteiger partial charge in [-0.3, -0.25) is 10.1 Å². The zero-order valence-corrected chi connectivity index (χ0v) is 12.4. The summed E-state index contributed by atoms with van der Waals surface area (Å²) in [6, 6.07) is 8.59. The molecular weight excluding hydrogens is 339 g/mol. The lowest BCUT2D eigenvalue weighted by atomic mass is 10.2. The number of rotatable bonds is 3. The molecule has 0 aliphatic carbocycles. The molecule has 0 saturated carbocycles. The fourth-order valence-electron chi connectivity index (χ4n) is 1.54. The highest BCUT2D eigenvalue weighted by molar-refractivity contribution is 6.37. The number of nitro groups is 1. The maximum atomic E-state index is 10.7. The third-order valence-electron chi connectivity index (χ3n) is 2.47. The van der Waals surface area contributed by atoms with E-state index in [0.29, 0.717) is 5.02 Å². The predicted molar refractivity (Wildman–Crippen MR) is 79.4 cm³/mol. The Kier molecular flexibility index (Phi) is 4.53. The second-order valence-corrected chi connectivity index (χ2v) is 5.10. The van der Waals surface area contributed by atoms with E-state index in [1.54, 1.807) is 0 Å². The van der Waals surface area contributed by atoms with E-state index in [1.807, 2.05) is 6.07 Å². The normalized spacial score (nSPS) is 10.0. The van der Waals surface area contributed by atoms with E-state index >= 15 is 0 Å². The Hall–Kier alpha value is -2.00. The van der Waals surface area contributed by atoms with Crippen LogP contribution in [0.2, 0.25) is 15.1 Å². The van der Waals surface area contributed by atoms with E-state index < -0.39 is 4.92 Å². The summed E-state index contributed by atoms with van der Waals surface area (Å²) < 4.78 is 5.48. The molecule has 0 aliphatic heterocycles. The van der Waals surface area contributed by atoms with Crippen molar-refractivity contribution in [1.29, 1.82) is 5.26 Å². The van der Waals surface area contributed by atoms with Crippen LogP contribution in [0.15, 0.2) is 30.3 Å². The minimum Gasteiger partial charge on any atom is -0.453 e. The van der Waals surface area contributed by atoms with Crippen molar-refractivity contribution in [2.45, 2.75) is 0 Å². The summed E-state index contributed by atoms with van der Waals surface area (Å²) in [6.07, 6.45) is 0. The molecule has 0 amide bonds. The molecule has 0 saturated heterocycles. The molecule has 0 atom stereocenters. The zero-order valence-electron chi connectivity index (χ0n) is 10.1. The van der Waals surface area contributed by atoms with E-state index in [1.165, 1.54) is 18.2 Å². The molecule has 0 unspecified atom stereocenters. The number of ether oxygens (including phenoxy) is 1. The average molecular weight is 344 g/mol. The lowest BCUT2D eigenvalue weighted by Gasteiger charge is -2.10. The Labute approximate surface area is 134 Å². The SMILES string of the molecule is N#Cc1cc(Cl)ccc1Oc1c(Cl)cc([N+](=O)[O-])cc1Cl. The van der Waals surface area contributed by atoms with Crippen molar-refractivity contribution in [1.82, 2.24) is 0 Å². The number of nitriles is 1. The molecule has 0 radical (unpaired) electrons. The van der Waals surface area contributed by atoms with Gasteiger partial charge in [-0.15, -0.1) is 0 Å². The lowest BCUT2D eigenvalue weighted by Crippen LogP contribution is -1.93. The summed E-state index contributed by atoms with van der Waals surface area (Å²) in [5.41, 5.74) is -0.0676. The summed E-state index contributed by atoms with van der Waals surface area (Å²) in [7, 11) is 0. The molecular formula is C13H5Cl3N2O3. The highest BCUT2D eigenvalue weighted by Crippen LogP contribution is 2.40. The van der Waals surface area contributed by atoms with Crippen LogP contribution in [0.1, 0.15) is 5.56 Å². The first-order chi connectivity index (χ1) is 9.92. The van der Waals surface area contributed by atoms with E-state index in [4.69, 9.17) is 44.8 Å². The topological polar surface area (TPSA) is 76.2 Å². The van der Waals surface area contributed by atoms with Crippen molar-refractivity contribution >= 4 is 40.5 Å². The molecule has 2 aromatic rings. The number of halogens is 3. The fourth-order valence-corrected chi connectivity index (χ4v) is 2.26. The number of nitro benzene ring substituents is 1. The molecule has 2 rings (SSSR count). The summed E-state index contributed by atoms with van der Waals surface area (Å²) in [6.45, 7) is 0. The van der Waals surface area contributed by atoms with Gasteiger partial charge in [-0.1, -0.05) is 34.8 Å². The molecule has 0 fully saturated rings. The molecule has 0 N–H and O–H groups in total. The third kappa shape index (κ3) is 3.37. The van der Waals surface area contributed by atoms with Crippen LogP contribution in [-0.2, 0) is 0 Å². The molecule has 0 aliphatic rings. The average Bonchev–Trinajstić information content (AvgIpc) is 2.43. The van der Waals surface area contributed by atoms with E-state index in [-0.39, 0.29) is 32.8 Å². The van der Waals surface area contributed by atoms with Gasteiger partial charge in [-0.05, 0) is 18.2 Å². The monoisotopic (exact) mass is 342 g/mol. The van der Waals surface area contributed by atoms with Gasteiger partial charge in [0, 0.05) is 17.2 Å². The van der Waals surface area contributed by atoms with E-state index in [9.17, 15) is 10.1 Å². The number of non-ortho nitro benzene ring substituents is 1. The van der Waals surface area contributed by atoms with Crippen LogP contribution >= 0.6 is 34.8 Å². The first-order valence-electron chi connectivity index (χ1n) is 5.43. The first-order valence-corrected chi connectivity index (χ1v) is 6.56. The van der Waals surface area contributed by atoms with Gasteiger partial charge in [0.25, 0.3) is 5.69 Å². The summed E-state index contributed by atoms with van der Waals surface area (Å²) in [5.74, 6) is 0.224. The maximum Gasteiger partial charge on any atom is 0.272 e. The smallest absolute Gasteiger partial charge is 0.272 e. The first kappa shape index (κ1) is 15.4. The molecule has 0 bridgehead atoms. The third-order valence-corrected chi connectivity index (χ3v) is 3.26.